The minimum atomic E-state index is -0.168. The molecule has 0 unspecified atom stereocenters. The van der Waals surface area contributed by atoms with Crippen LogP contribution < -0.4 is 5.32 Å². The Bertz CT molecular complexity index is 794. The minimum Gasteiger partial charge on any atom is -0.469 e. The summed E-state index contributed by atoms with van der Waals surface area (Å²) in [5.41, 5.74) is 3.83. The molecule has 128 valence electrons. The summed E-state index contributed by atoms with van der Waals surface area (Å²) in [5.74, 6) is -0.266. The van der Waals surface area contributed by atoms with Crippen molar-refractivity contribution in [3.05, 3.63) is 35.5 Å². The third kappa shape index (κ3) is 1.99. The Balaban J connectivity index is 2.02. The highest BCUT2D eigenvalue weighted by Crippen LogP contribution is 2.57. The van der Waals surface area contributed by atoms with Crippen LogP contribution in [0.1, 0.15) is 55.8 Å². The van der Waals surface area contributed by atoms with Gasteiger partial charge in [0.2, 0.25) is 0 Å². The quantitative estimate of drug-likeness (QED) is 0.857. The molecular formula is C20H26N2O2. The summed E-state index contributed by atoms with van der Waals surface area (Å²) >= 11 is 0. The summed E-state index contributed by atoms with van der Waals surface area (Å²) in [6.45, 7) is 3.32. The maximum absolute atomic E-state index is 12.6. The van der Waals surface area contributed by atoms with E-state index in [0.717, 1.165) is 25.1 Å². The second kappa shape index (κ2) is 5.62. The first-order chi connectivity index (χ1) is 11.6. The van der Waals surface area contributed by atoms with E-state index in [1.54, 1.807) is 0 Å². The van der Waals surface area contributed by atoms with Crippen LogP contribution in [0.25, 0.3) is 10.9 Å². The molecule has 4 heteroatoms. The van der Waals surface area contributed by atoms with Crippen LogP contribution >= 0.6 is 0 Å². The zero-order valence-corrected chi connectivity index (χ0v) is 14.8. The summed E-state index contributed by atoms with van der Waals surface area (Å²) in [4.78, 5) is 12.6. The van der Waals surface area contributed by atoms with Gasteiger partial charge in [-0.1, -0.05) is 25.1 Å². The maximum atomic E-state index is 12.6. The molecule has 4 nitrogen and oxygen atoms in total. The van der Waals surface area contributed by atoms with Gasteiger partial charge in [-0.3, -0.25) is 4.79 Å². The highest BCUT2D eigenvalue weighted by molar-refractivity contribution is 5.90. The van der Waals surface area contributed by atoms with Gasteiger partial charge in [-0.2, -0.15) is 0 Å². The van der Waals surface area contributed by atoms with Crippen molar-refractivity contribution in [2.45, 2.75) is 44.6 Å². The predicted molar refractivity (Wildman–Crippen MR) is 95.0 cm³/mol. The number of carbonyl (C=O) groups excluding carboxylic acids is 1. The largest absolute Gasteiger partial charge is 0.469 e. The molecule has 1 N–H and O–H groups in total. The van der Waals surface area contributed by atoms with Crippen LogP contribution in [0.2, 0.25) is 0 Å². The topological polar surface area (TPSA) is 43.3 Å². The molecule has 1 fully saturated rings. The molecule has 24 heavy (non-hydrogen) atoms. The molecule has 0 spiro atoms. The fraction of sp³-hybridized carbons (Fsp3) is 0.550. The van der Waals surface area contributed by atoms with Crippen LogP contribution in [0.3, 0.4) is 0 Å². The number of nitrogens with zero attached hydrogens (tertiary/aromatic N) is 1. The summed E-state index contributed by atoms with van der Waals surface area (Å²) in [6.07, 6.45) is 4.32. The van der Waals surface area contributed by atoms with Crippen molar-refractivity contribution in [3.63, 3.8) is 0 Å². The number of hydrogen-bond donors (Lipinski definition) is 1. The standard InChI is InChI=1S/C20H26N2O2/c1-4-20-10-7-11-21-18(20)16-13-8-5-6-9-15(13)22(2)17(16)14(12-20)19(23)24-3/h5-6,8-9,14,18,21H,4,7,10-12H2,1-3H3/t14-,18-,20-/m1/s1. The molecule has 1 aliphatic heterocycles. The van der Waals surface area contributed by atoms with Gasteiger partial charge in [0.1, 0.15) is 0 Å². The van der Waals surface area contributed by atoms with Crippen molar-refractivity contribution in [1.29, 1.82) is 0 Å². The first kappa shape index (κ1) is 15.7. The van der Waals surface area contributed by atoms with Gasteiger partial charge in [-0.15, -0.1) is 0 Å². The van der Waals surface area contributed by atoms with Crippen LogP contribution in [0, 0.1) is 5.41 Å². The number of nitrogens with one attached hydrogen (secondary N) is 1. The molecule has 4 rings (SSSR count). The molecule has 1 saturated heterocycles. The number of aromatic nitrogens is 1. The predicted octanol–water partition coefficient (Wildman–Crippen LogP) is 3.66. The van der Waals surface area contributed by atoms with E-state index >= 15 is 0 Å². The lowest BCUT2D eigenvalue weighted by molar-refractivity contribution is -0.144. The van der Waals surface area contributed by atoms with Crippen molar-refractivity contribution in [1.82, 2.24) is 9.88 Å². The van der Waals surface area contributed by atoms with Gasteiger partial charge >= 0.3 is 5.97 Å². The first-order valence-corrected chi connectivity index (χ1v) is 9.01. The number of hydrogen-bond acceptors (Lipinski definition) is 3. The molecule has 0 saturated carbocycles. The second-order valence-electron chi connectivity index (χ2n) is 7.36. The molecule has 1 aromatic carbocycles. The average molecular weight is 326 g/mol. The van der Waals surface area contributed by atoms with Crippen LogP contribution in [0.5, 0.6) is 0 Å². The van der Waals surface area contributed by atoms with Crippen molar-refractivity contribution < 1.29 is 9.53 Å². The van der Waals surface area contributed by atoms with Gasteiger partial charge in [0.15, 0.2) is 0 Å². The number of aryl methyl sites for hydroxylation is 1. The third-order valence-corrected chi connectivity index (χ3v) is 6.42. The summed E-state index contributed by atoms with van der Waals surface area (Å²) in [6, 6.07) is 8.85. The van der Waals surface area contributed by atoms with Crippen molar-refractivity contribution in [2.24, 2.45) is 12.5 Å². The zero-order chi connectivity index (χ0) is 16.9. The zero-order valence-electron chi connectivity index (χ0n) is 14.8. The maximum Gasteiger partial charge on any atom is 0.314 e. The van der Waals surface area contributed by atoms with Crippen molar-refractivity contribution >= 4 is 16.9 Å². The van der Waals surface area contributed by atoms with Crippen LogP contribution in [-0.2, 0) is 16.6 Å². The SMILES string of the molecule is CC[C@]12CCCN[C@@H]1c1c(n(C)c3ccccc13)[C@H](C(=O)OC)C2. The lowest BCUT2D eigenvalue weighted by atomic mass is 9.60. The average Bonchev–Trinajstić information content (AvgIpc) is 2.94. The highest BCUT2D eigenvalue weighted by Gasteiger charge is 2.50. The smallest absolute Gasteiger partial charge is 0.314 e. The van der Waals surface area contributed by atoms with E-state index in [2.05, 4.69) is 48.1 Å². The van der Waals surface area contributed by atoms with Gasteiger partial charge in [0.05, 0.1) is 13.0 Å². The fourth-order valence-electron chi connectivity index (χ4n) is 5.21. The van der Waals surface area contributed by atoms with Gasteiger partial charge in [0, 0.05) is 29.7 Å². The Morgan fingerprint density at radius 1 is 1.42 bits per heavy atom. The van der Waals surface area contributed by atoms with Crippen LogP contribution in [0.15, 0.2) is 24.3 Å². The van der Waals surface area contributed by atoms with E-state index in [4.69, 9.17) is 4.74 Å². The van der Waals surface area contributed by atoms with E-state index in [0.29, 0.717) is 6.04 Å². The van der Waals surface area contributed by atoms with Crippen LogP contribution in [0.4, 0.5) is 0 Å². The normalized spacial score (nSPS) is 29.1. The van der Waals surface area contributed by atoms with E-state index in [-0.39, 0.29) is 17.3 Å². The second-order valence-corrected chi connectivity index (χ2v) is 7.36. The Hall–Kier alpha value is -1.81. The number of rotatable bonds is 2. The Kier molecular flexibility index (Phi) is 3.68. The molecule has 0 amide bonds. The molecule has 2 heterocycles. The molecule has 3 atom stereocenters. The van der Waals surface area contributed by atoms with Gasteiger partial charge in [-0.25, -0.2) is 0 Å². The number of benzene rings is 1. The molecule has 2 aromatic rings. The van der Waals surface area contributed by atoms with Gasteiger partial charge in [-0.05, 0) is 49.3 Å². The number of carbonyl (C=O) groups is 1. The number of fused-ring (bicyclic) bond motifs is 5. The number of methoxy groups -OCH3 is 1. The number of para-hydroxylation sites is 1. The molecule has 0 radical (unpaired) electrons. The lowest BCUT2D eigenvalue weighted by Crippen LogP contribution is -2.48. The van der Waals surface area contributed by atoms with E-state index < -0.39 is 0 Å². The van der Waals surface area contributed by atoms with Crippen molar-refractivity contribution in [3.8, 4) is 0 Å². The number of esters is 1. The number of ether oxygens (including phenoxy) is 1. The van der Waals surface area contributed by atoms with E-state index in [9.17, 15) is 4.79 Å². The summed E-state index contributed by atoms with van der Waals surface area (Å²) in [5, 5.41) is 5.07. The number of piperidine rings is 1. The highest BCUT2D eigenvalue weighted by atomic mass is 16.5. The summed E-state index contributed by atoms with van der Waals surface area (Å²) < 4.78 is 7.40. The van der Waals surface area contributed by atoms with E-state index in [1.807, 2.05) is 0 Å². The molecule has 1 aromatic heterocycles. The molecule has 0 bridgehead atoms. The third-order valence-electron chi connectivity index (χ3n) is 6.42. The van der Waals surface area contributed by atoms with Gasteiger partial charge < -0.3 is 14.6 Å². The Morgan fingerprint density at radius 3 is 2.96 bits per heavy atom. The first-order valence-electron chi connectivity index (χ1n) is 9.01. The Labute approximate surface area is 143 Å². The summed E-state index contributed by atoms with van der Waals surface area (Å²) in [7, 11) is 3.59. The van der Waals surface area contributed by atoms with E-state index in [1.165, 1.54) is 36.4 Å². The molecule has 2 aliphatic rings. The fourth-order valence-corrected chi connectivity index (χ4v) is 5.21. The van der Waals surface area contributed by atoms with Gasteiger partial charge in [0.25, 0.3) is 0 Å². The minimum absolute atomic E-state index is 0.0981. The monoisotopic (exact) mass is 326 g/mol. The lowest BCUT2D eigenvalue weighted by Gasteiger charge is -2.49. The van der Waals surface area contributed by atoms with Crippen LogP contribution in [-0.4, -0.2) is 24.2 Å². The van der Waals surface area contributed by atoms with Crippen molar-refractivity contribution in [2.75, 3.05) is 13.7 Å². The molecular weight excluding hydrogens is 300 g/mol. The Morgan fingerprint density at radius 2 is 2.21 bits per heavy atom. The molecule has 1 aliphatic carbocycles.